The zero-order valence-corrected chi connectivity index (χ0v) is 13.9. The Bertz CT molecular complexity index is 839. The fraction of sp³-hybridized carbons (Fsp3) is 0.188. The molecule has 0 fully saturated rings. The Hall–Kier alpha value is -3.69. The molecule has 0 unspecified atom stereocenters. The van der Waals surface area contributed by atoms with E-state index < -0.39 is 4.92 Å². The van der Waals surface area contributed by atoms with Crippen molar-refractivity contribution in [1.82, 2.24) is 19.5 Å². The molecule has 0 amide bonds. The van der Waals surface area contributed by atoms with Gasteiger partial charge in [0.1, 0.15) is 6.33 Å². The van der Waals surface area contributed by atoms with Crippen molar-refractivity contribution in [1.29, 1.82) is 0 Å². The molecule has 0 saturated carbocycles. The summed E-state index contributed by atoms with van der Waals surface area (Å²) in [5.41, 5.74) is 6.21. The molecule has 26 heavy (non-hydrogen) atoms. The molecule has 0 bridgehead atoms. The number of nitro groups is 1. The zero-order chi connectivity index (χ0) is 18.2. The molecule has 0 aliphatic heterocycles. The Morgan fingerprint density at radius 2 is 1.92 bits per heavy atom. The maximum Gasteiger partial charge on any atom is 0.354 e. The molecular formula is C16H18N8O2. The van der Waals surface area contributed by atoms with E-state index in [-0.39, 0.29) is 17.3 Å². The van der Waals surface area contributed by atoms with E-state index in [9.17, 15) is 10.1 Å². The van der Waals surface area contributed by atoms with E-state index in [1.807, 2.05) is 41.1 Å². The number of para-hydroxylation sites is 1. The number of rotatable bonds is 9. The summed E-state index contributed by atoms with van der Waals surface area (Å²) >= 11 is 0. The number of hydrogen-bond donors (Lipinski definition) is 3. The minimum Gasteiger partial charge on any atom is -0.364 e. The monoisotopic (exact) mass is 354 g/mol. The van der Waals surface area contributed by atoms with Gasteiger partial charge in [0.05, 0.1) is 16.9 Å². The minimum absolute atomic E-state index is 0.0889. The van der Waals surface area contributed by atoms with Crippen molar-refractivity contribution in [2.75, 3.05) is 22.7 Å². The number of hydrogen-bond acceptors (Lipinski definition) is 8. The van der Waals surface area contributed by atoms with Crippen LogP contribution in [-0.2, 0) is 6.54 Å². The summed E-state index contributed by atoms with van der Waals surface area (Å²) in [5.74, 6) is 0.263. The molecule has 0 radical (unpaired) electrons. The predicted molar refractivity (Wildman–Crippen MR) is 97.7 cm³/mol. The first-order chi connectivity index (χ1) is 12.7. The van der Waals surface area contributed by atoms with Crippen molar-refractivity contribution in [2.24, 2.45) is 0 Å². The Kier molecular flexibility index (Phi) is 5.55. The molecule has 3 aromatic rings. The molecule has 0 atom stereocenters. The van der Waals surface area contributed by atoms with Crippen LogP contribution in [0.5, 0.6) is 0 Å². The molecule has 0 aliphatic rings. The average molecular weight is 354 g/mol. The first-order valence-corrected chi connectivity index (χ1v) is 8.00. The molecule has 0 aliphatic carbocycles. The van der Waals surface area contributed by atoms with E-state index in [2.05, 4.69) is 31.1 Å². The molecule has 1 aromatic carbocycles. The van der Waals surface area contributed by atoms with Crippen molar-refractivity contribution >= 4 is 23.0 Å². The lowest BCUT2D eigenvalue weighted by molar-refractivity contribution is -0.383. The van der Waals surface area contributed by atoms with E-state index in [0.717, 1.165) is 18.7 Å². The molecule has 3 rings (SSSR count). The molecule has 2 aromatic heterocycles. The number of imidazole rings is 1. The highest BCUT2D eigenvalue weighted by atomic mass is 16.6. The largest absolute Gasteiger partial charge is 0.364 e. The molecule has 0 saturated heterocycles. The van der Waals surface area contributed by atoms with Gasteiger partial charge in [-0.05, 0) is 18.6 Å². The third-order valence-corrected chi connectivity index (χ3v) is 3.55. The number of nitrogens with one attached hydrogen (secondary N) is 3. The molecule has 2 heterocycles. The van der Waals surface area contributed by atoms with Crippen LogP contribution in [0.15, 0.2) is 55.4 Å². The van der Waals surface area contributed by atoms with Crippen LogP contribution in [-0.4, -0.2) is 31.0 Å². The van der Waals surface area contributed by atoms with Crippen LogP contribution in [0, 0.1) is 10.1 Å². The van der Waals surface area contributed by atoms with E-state index in [1.54, 1.807) is 12.5 Å². The van der Waals surface area contributed by atoms with Gasteiger partial charge in [0.15, 0.2) is 0 Å². The Morgan fingerprint density at radius 1 is 1.12 bits per heavy atom. The molecule has 10 nitrogen and oxygen atoms in total. The Labute approximate surface area is 149 Å². The van der Waals surface area contributed by atoms with Gasteiger partial charge in [-0.2, -0.15) is 0 Å². The smallest absolute Gasteiger partial charge is 0.354 e. The second-order valence-corrected chi connectivity index (χ2v) is 5.37. The van der Waals surface area contributed by atoms with Crippen LogP contribution in [0.3, 0.4) is 0 Å². The van der Waals surface area contributed by atoms with Crippen LogP contribution in [0.25, 0.3) is 0 Å². The normalized spacial score (nSPS) is 10.3. The van der Waals surface area contributed by atoms with Gasteiger partial charge in [-0.3, -0.25) is 21.0 Å². The fourth-order valence-corrected chi connectivity index (χ4v) is 2.31. The number of nitrogens with zero attached hydrogens (tertiary/aromatic N) is 5. The number of anilines is 3. The number of aryl methyl sites for hydroxylation is 1. The number of benzene rings is 1. The highest BCUT2D eigenvalue weighted by molar-refractivity contribution is 5.70. The summed E-state index contributed by atoms with van der Waals surface area (Å²) in [6, 6.07) is 9.24. The van der Waals surface area contributed by atoms with Gasteiger partial charge in [0, 0.05) is 25.5 Å². The Morgan fingerprint density at radius 3 is 2.65 bits per heavy atom. The van der Waals surface area contributed by atoms with Crippen molar-refractivity contribution < 1.29 is 4.92 Å². The third-order valence-electron chi connectivity index (χ3n) is 3.55. The van der Waals surface area contributed by atoms with Crippen LogP contribution in [0.4, 0.5) is 23.0 Å². The summed E-state index contributed by atoms with van der Waals surface area (Å²) in [4.78, 5) is 22.9. The molecule has 10 heteroatoms. The van der Waals surface area contributed by atoms with Crippen LogP contribution in [0.1, 0.15) is 6.42 Å². The quantitative estimate of drug-likeness (QED) is 0.304. The maximum atomic E-state index is 11.5. The van der Waals surface area contributed by atoms with Crippen molar-refractivity contribution in [3.8, 4) is 0 Å². The fourth-order valence-electron chi connectivity index (χ4n) is 2.31. The van der Waals surface area contributed by atoms with Crippen molar-refractivity contribution in [3.63, 3.8) is 0 Å². The summed E-state index contributed by atoms with van der Waals surface area (Å²) in [7, 11) is 0. The van der Waals surface area contributed by atoms with Gasteiger partial charge >= 0.3 is 5.69 Å². The van der Waals surface area contributed by atoms with Gasteiger partial charge in [0.25, 0.3) is 0 Å². The average Bonchev–Trinajstić information content (AvgIpc) is 3.17. The molecule has 3 N–H and O–H groups in total. The SMILES string of the molecule is O=[N+]([O-])c1c(NCCCn2ccnc2)ncnc1NNc1ccccc1. The minimum atomic E-state index is -0.507. The van der Waals surface area contributed by atoms with E-state index in [1.165, 1.54) is 6.33 Å². The van der Waals surface area contributed by atoms with Crippen molar-refractivity contribution in [3.05, 3.63) is 65.5 Å². The lowest BCUT2D eigenvalue weighted by Gasteiger charge is -2.11. The highest BCUT2D eigenvalue weighted by Crippen LogP contribution is 2.28. The summed E-state index contributed by atoms with van der Waals surface area (Å²) < 4.78 is 1.94. The summed E-state index contributed by atoms with van der Waals surface area (Å²) in [6.07, 6.45) is 7.35. The maximum absolute atomic E-state index is 11.5. The van der Waals surface area contributed by atoms with E-state index in [4.69, 9.17) is 0 Å². The third kappa shape index (κ3) is 4.44. The predicted octanol–water partition coefficient (Wildman–Crippen LogP) is 2.52. The van der Waals surface area contributed by atoms with Crippen LogP contribution < -0.4 is 16.2 Å². The summed E-state index contributed by atoms with van der Waals surface area (Å²) in [6.45, 7) is 1.29. The lowest BCUT2D eigenvalue weighted by Crippen LogP contribution is -2.15. The van der Waals surface area contributed by atoms with Crippen LogP contribution in [0.2, 0.25) is 0 Å². The zero-order valence-electron chi connectivity index (χ0n) is 13.9. The summed E-state index contributed by atoms with van der Waals surface area (Å²) in [5, 5.41) is 14.5. The second-order valence-electron chi connectivity index (χ2n) is 5.37. The second kappa shape index (κ2) is 8.42. The number of hydrazine groups is 1. The van der Waals surface area contributed by atoms with Crippen LogP contribution >= 0.6 is 0 Å². The first kappa shape index (κ1) is 17.1. The van der Waals surface area contributed by atoms with E-state index >= 15 is 0 Å². The molecular weight excluding hydrogens is 336 g/mol. The van der Waals surface area contributed by atoms with Gasteiger partial charge in [0.2, 0.25) is 11.6 Å². The van der Waals surface area contributed by atoms with Gasteiger partial charge in [-0.15, -0.1) is 0 Å². The topological polar surface area (TPSA) is 123 Å². The number of aromatic nitrogens is 4. The van der Waals surface area contributed by atoms with Crippen molar-refractivity contribution in [2.45, 2.75) is 13.0 Å². The van der Waals surface area contributed by atoms with Gasteiger partial charge < -0.3 is 9.88 Å². The first-order valence-electron chi connectivity index (χ1n) is 8.00. The standard InChI is InChI=1S/C16H18N8O2/c25-24(26)14-15(18-7-4-9-23-10-8-17-12-23)19-11-20-16(14)22-21-13-5-2-1-3-6-13/h1-3,5-6,8,10-12,21H,4,7,9H2,(H2,18,19,20,22). The molecule has 134 valence electrons. The highest BCUT2D eigenvalue weighted by Gasteiger charge is 2.22. The lowest BCUT2D eigenvalue weighted by atomic mass is 10.3. The van der Waals surface area contributed by atoms with E-state index in [0.29, 0.717) is 6.54 Å². The molecule has 0 spiro atoms. The van der Waals surface area contributed by atoms with Gasteiger partial charge in [-0.1, -0.05) is 18.2 Å². The Balaban J connectivity index is 1.64. The van der Waals surface area contributed by atoms with Gasteiger partial charge in [-0.25, -0.2) is 15.0 Å².